The van der Waals surface area contributed by atoms with Crippen molar-refractivity contribution in [1.82, 2.24) is 0 Å². The molecule has 0 amide bonds. The Bertz CT molecular complexity index is 829. The van der Waals surface area contributed by atoms with E-state index in [2.05, 4.69) is 0 Å². The van der Waals surface area contributed by atoms with Gasteiger partial charge in [0.15, 0.2) is 0 Å². The van der Waals surface area contributed by atoms with Crippen molar-refractivity contribution in [1.29, 1.82) is 0 Å². The Balaban J connectivity index is 2.22. The van der Waals surface area contributed by atoms with Crippen molar-refractivity contribution < 1.29 is 9.90 Å². The average Bonchev–Trinajstić information content (AvgIpc) is 2.91. The first kappa shape index (κ1) is 13.6. The van der Waals surface area contributed by atoms with Gasteiger partial charge in [-0.1, -0.05) is 42.5 Å². The summed E-state index contributed by atoms with van der Waals surface area (Å²) in [4.78, 5) is 11.7. The normalized spacial score (nSPS) is 11.8. The second kappa shape index (κ2) is 5.54. The fourth-order valence-electron chi connectivity index (χ4n) is 2.43. The van der Waals surface area contributed by atoms with Crippen LogP contribution >= 0.6 is 11.3 Å². The molecule has 0 bridgehead atoms. The zero-order chi connectivity index (χ0) is 14.8. The summed E-state index contributed by atoms with van der Waals surface area (Å²) in [6.07, 6.45) is 1.73. The molecule has 1 aromatic heterocycles. The van der Waals surface area contributed by atoms with Crippen molar-refractivity contribution >= 4 is 39.0 Å². The van der Waals surface area contributed by atoms with E-state index in [9.17, 15) is 9.90 Å². The fourth-order valence-corrected chi connectivity index (χ4v) is 3.47. The topological polar surface area (TPSA) is 37.3 Å². The van der Waals surface area contributed by atoms with Crippen LogP contribution in [0.1, 0.15) is 16.7 Å². The van der Waals surface area contributed by atoms with Crippen LogP contribution in [0.5, 0.6) is 0 Å². The number of carbonyl (C=O) groups is 1. The van der Waals surface area contributed by atoms with Gasteiger partial charge in [-0.15, -0.1) is 11.3 Å². The van der Waals surface area contributed by atoms with Gasteiger partial charge < -0.3 is 5.11 Å². The Morgan fingerprint density at radius 3 is 2.57 bits per heavy atom. The molecule has 3 aromatic rings. The summed E-state index contributed by atoms with van der Waals surface area (Å²) < 4.78 is 1.12. The monoisotopic (exact) mass is 294 g/mol. The number of hydrogen-bond donors (Lipinski definition) is 1. The second-order valence-electron chi connectivity index (χ2n) is 4.87. The lowest BCUT2D eigenvalue weighted by atomic mass is 9.99. The van der Waals surface area contributed by atoms with Gasteiger partial charge in [0, 0.05) is 21.0 Å². The number of hydrogen-bond acceptors (Lipinski definition) is 2. The van der Waals surface area contributed by atoms with Crippen LogP contribution in [0.4, 0.5) is 0 Å². The molecule has 0 aliphatic rings. The maximum atomic E-state index is 11.7. The molecule has 0 saturated heterocycles. The number of aryl methyl sites for hydroxylation is 1. The first-order valence-electron chi connectivity index (χ1n) is 6.64. The van der Waals surface area contributed by atoms with Crippen LogP contribution in [0.3, 0.4) is 0 Å². The molecule has 2 aromatic carbocycles. The van der Waals surface area contributed by atoms with Crippen molar-refractivity contribution in [3.05, 3.63) is 70.6 Å². The predicted molar refractivity (Wildman–Crippen MR) is 88.5 cm³/mol. The predicted octanol–water partition coefficient (Wildman–Crippen LogP) is 4.83. The number of carboxylic acids is 1. The Hall–Kier alpha value is -2.39. The van der Waals surface area contributed by atoms with Gasteiger partial charge in [0.25, 0.3) is 0 Å². The Kier molecular flexibility index (Phi) is 3.59. The summed E-state index contributed by atoms with van der Waals surface area (Å²) in [5.41, 5.74) is 3.12. The van der Waals surface area contributed by atoms with Crippen LogP contribution in [-0.4, -0.2) is 11.1 Å². The van der Waals surface area contributed by atoms with Crippen LogP contribution < -0.4 is 0 Å². The molecule has 0 atom stereocenters. The zero-order valence-corrected chi connectivity index (χ0v) is 12.4. The van der Waals surface area contributed by atoms with E-state index >= 15 is 0 Å². The van der Waals surface area contributed by atoms with Crippen molar-refractivity contribution in [2.24, 2.45) is 0 Å². The number of benzene rings is 2. The van der Waals surface area contributed by atoms with Gasteiger partial charge in [0.1, 0.15) is 0 Å². The largest absolute Gasteiger partial charge is 0.478 e. The van der Waals surface area contributed by atoms with Gasteiger partial charge >= 0.3 is 5.97 Å². The molecular formula is C18H14O2S. The van der Waals surface area contributed by atoms with E-state index in [0.29, 0.717) is 5.57 Å². The molecule has 0 fully saturated rings. The van der Waals surface area contributed by atoms with Gasteiger partial charge in [0.05, 0.1) is 5.57 Å². The summed E-state index contributed by atoms with van der Waals surface area (Å²) >= 11 is 1.58. The average molecular weight is 294 g/mol. The minimum Gasteiger partial charge on any atom is -0.478 e. The maximum absolute atomic E-state index is 11.7. The smallest absolute Gasteiger partial charge is 0.336 e. The van der Waals surface area contributed by atoms with Gasteiger partial charge in [-0.3, -0.25) is 0 Å². The summed E-state index contributed by atoms with van der Waals surface area (Å²) in [7, 11) is 0. The molecule has 0 spiro atoms. The lowest BCUT2D eigenvalue weighted by molar-refractivity contribution is -0.130. The molecule has 21 heavy (non-hydrogen) atoms. The van der Waals surface area contributed by atoms with Gasteiger partial charge in [0.2, 0.25) is 0 Å². The number of rotatable bonds is 3. The highest BCUT2D eigenvalue weighted by atomic mass is 32.1. The summed E-state index contributed by atoms with van der Waals surface area (Å²) in [6.45, 7) is 2.01. The number of carboxylic acid groups (broad SMARTS) is 1. The van der Waals surface area contributed by atoms with Crippen molar-refractivity contribution in [2.45, 2.75) is 6.92 Å². The standard InChI is InChI=1S/C18H14O2S/c1-12-6-5-9-16-17(12)15(11-21-16)14(18(19)20)10-13-7-3-2-4-8-13/h2-11H,1H3,(H,19,20)/b14-10+. The highest BCUT2D eigenvalue weighted by molar-refractivity contribution is 7.17. The fraction of sp³-hybridized carbons (Fsp3) is 0.0556. The lowest BCUT2D eigenvalue weighted by Crippen LogP contribution is -1.99. The third kappa shape index (κ3) is 2.60. The van der Waals surface area contributed by atoms with Crippen molar-refractivity contribution in [3.63, 3.8) is 0 Å². The van der Waals surface area contributed by atoms with E-state index in [-0.39, 0.29) is 0 Å². The highest BCUT2D eigenvalue weighted by Gasteiger charge is 2.16. The minimum atomic E-state index is -0.901. The van der Waals surface area contributed by atoms with Crippen molar-refractivity contribution in [3.8, 4) is 0 Å². The Morgan fingerprint density at radius 1 is 1.10 bits per heavy atom. The molecule has 0 saturated carbocycles. The highest BCUT2D eigenvalue weighted by Crippen LogP contribution is 2.34. The number of aliphatic carboxylic acids is 1. The third-order valence-electron chi connectivity index (χ3n) is 3.44. The quantitative estimate of drug-likeness (QED) is 0.702. The van der Waals surface area contributed by atoms with Crippen LogP contribution in [0.2, 0.25) is 0 Å². The molecule has 104 valence electrons. The van der Waals surface area contributed by atoms with Crippen molar-refractivity contribution in [2.75, 3.05) is 0 Å². The van der Waals surface area contributed by atoms with E-state index in [1.165, 1.54) is 0 Å². The Labute approximate surface area is 127 Å². The SMILES string of the molecule is Cc1cccc2scc(/C(=C\c3ccccc3)C(=O)O)c12. The second-order valence-corrected chi connectivity index (χ2v) is 5.78. The first-order valence-corrected chi connectivity index (χ1v) is 7.52. The lowest BCUT2D eigenvalue weighted by Gasteiger charge is -2.04. The molecule has 3 rings (SSSR count). The zero-order valence-electron chi connectivity index (χ0n) is 11.5. The van der Waals surface area contributed by atoms with Gasteiger partial charge in [-0.2, -0.15) is 0 Å². The van der Waals surface area contributed by atoms with E-state index in [1.807, 2.05) is 60.8 Å². The van der Waals surface area contributed by atoms with Crippen LogP contribution in [0.25, 0.3) is 21.7 Å². The number of thiophene rings is 1. The van der Waals surface area contributed by atoms with E-state index < -0.39 is 5.97 Å². The van der Waals surface area contributed by atoms with Gasteiger partial charge in [-0.05, 0) is 30.2 Å². The molecule has 2 nitrogen and oxygen atoms in total. The molecule has 0 unspecified atom stereocenters. The molecule has 0 radical (unpaired) electrons. The molecule has 1 N–H and O–H groups in total. The molecule has 3 heteroatoms. The van der Waals surface area contributed by atoms with Crippen LogP contribution in [0, 0.1) is 6.92 Å². The number of fused-ring (bicyclic) bond motifs is 1. The molecule has 0 aliphatic carbocycles. The molecule has 0 aliphatic heterocycles. The van der Waals surface area contributed by atoms with E-state index in [0.717, 1.165) is 26.8 Å². The van der Waals surface area contributed by atoms with Gasteiger partial charge in [-0.25, -0.2) is 4.79 Å². The van der Waals surface area contributed by atoms with Crippen LogP contribution in [-0.2, 0) is 4.79 Å². The van der Waals surface area contributed by atoms with E-state index in [4.69, 9.17) is 0 Å². The first-order chi connectivity index (χ1) is 10.2. The van der Waals surface area contributed by atoms with E-state index in [1.54, 1.807) is 17.4 Å². The van der Waals surface area contributed by atoms with Crippen LogP contribution in [0.15, 0.2) is 53.9 Å². The Morgan fingerprint density at radius 2 is 1.86 bits per heavy atom. The summed E-state index contributed by atoms with van der Waals surface area (Å²) in [5, 5.41) is 12.6. The maximum Gasteiger partial charge on any atom is 0.336 e. The summed E-state index contributed by atoms with van der Waals surface area (Å²) in [6, 6.07) is 15.6. The molecular weight excluding hydrogens is 280 g/mol. The third-order valence-corrected chi connectivity index (χ3v) is 4.39. The molecule has 1 heterocycles. The minimum absolute atomic E-state index is 0.335. The summed E-state index contributed by atoms with van der Waals surface area (Å²) in [5.74, 6) is -0.901.